The molecule has 2 fully saturated rings. The predicted octanol–water partition coefficient (Wildman–Crippen LogP) is 2.80. The topological polar surface area (TPSA) is 24.5 Å². The Hall–Kier alpha value is -0.120. The lowest BCUT2D eigenvalue weighted by molar-refractivity contribution is 0.0352. The van der Waals surface area contributed by atoms with Crippen molar-refractivity contribution < 1.29 is 4.74 Å². The zero-order chi connectivity index (χ0) is 13.5. The summed E-state index contributed by atoms with van der Waals surface area (Å²) >= 11 is 0. The second-order valence-electron chi connectivity index (χ2n) is 6.31. The predicted molar refractivity (Wildman–Crippen MR) is 80.6 cm³/mol. The summed E-state index contributed by atoms with van der Waals surface area (Å²) in [6.45, 7) is 6.06. The minimum atomic E-state index is 0.521. The van der Waals surface area contributed by atoms with Gasteiger partial charge < -0.3 is 10.1 Å². The lowest BCUT2D eigenvalue weighted by Crippen LogP contribution is -2.48. The normalized spacial score (nSPS) is 32.7. The first-order valence-corrected chi connectivity index (χ1v) is 8.33. The molecule has 1 saturated heterocycles. The van der Waals surface area contributed by atoms with Crippen molar-refractivity contribution in [3.8, 4) is 0 Å². The van der Waals surface area contributed by atoms with Gasteiger partial charge in [0.25, 0.3) is 0 Å². The third-order valence-corrected chi connectivity index (χ3v) is 4.87. The molecule has 0 radical (unpaired) electrons. The Morgan fingerprint density at radius 3 is 2.47 bits per heavy atom. The number of piperidine rings is 1. The second-order valence-corrected chi connectivity index (χ2v) is 6.31. The third kappa shape index (κ3) is 4.73. The summed E-state index contributed by atoms with van der Waals surface area (Å²) in [6, 6.07) is 1.54. The van der Waals surface area contributed by atoms with Crippen LogP contribution in [-0.2, 0) is 4.74 Å². The first-order chi connectivity index (χ1) is 9.33. The van der Waals surface area contributed by atoms with E-state index in [9.17, 15) is 0 Å². The van der Waals surface area contributed by atoms with Crippen LogP contribution in [0, 0.1) is 0 Å². The summed E-state index contributed by atoms with van der Waals surface area (Å²) in [4.78, 5) is 2.76. The maximum absolute atomic E-state index is 5.50. The summed E-state index contributed by atoms with van der Waals surface area (Å²) in [6.07, 6.45) is 11.1. The van der Waals surface area contributed by atoms with E-state index in [1.54, 1.807) is 0 Å². The molecule has 1 aliphatic carbocycles. The van der Waals surface area contributed by atoms with Crippen molar-refractivity contribution in [2.45, 2.75) is 76.5 Å². The Morgan fingerprint density at radius 2 is 1.89 bits per heavy atom. The highest BCUT2D eigenvalue weighted by Gasteiger charge is 2.27. The molecule has 19 heavy (non-hydrogen) atoms. The fourth-order valence-corrected chi connectivity index (χ4v) is 3.72. The monoisotopic (exact) mass is 268 g/mol. The summed E-state index contributed by atoms with van der Waals surface area (Å²) in [5, 5.41) is 3.70. The van der Waals surface area contributed by atoms with Crippen LogP contribution >= 0.6 is 0 Å². The zero-order valence-corrected chi connectivity index (χ0v) is 12.9. The summed E-state index contributed by atoms with van der Waals surface area (Å²) in [5.74, 6) is 0. The van der Waals surface area contributed by atoms with Gasteiger partial charge >= 0.3 is 0 Å². The van der Waals surface area contributed by atoms with Crippen LogP contribution in [0.4, 0.5) is 0 Å². The van der Waals surface area contributed by atoms with Crippen molar-refractivity contribution >= 4 is 0 Å². The van der Waals surface area contributed by atoms with Crippen molar-refractivity contribution in [3.63, 3.8) is 0 Å². The molecule has 0 aromatic carbocycles. The maximum atomic E-state index is 5.50. The van der Waals surface area contributed by atoms with Gasteiger partial charge in [0.05, 0.1) is 6.10 Å². The third-order valence-electron chi connectivity index (χ3n) is 4.87. The molecule has 2 rings (SSSR count). The number of methoxy groups -OCH3 is 1. The Bertz CT molecular complexity index is 233. The molecular weight excluding hydrogens is 236 g/mol. The van der Waals surface area contributed by atoms with E-state index in [1.807, 2.05) is 7.11 Å². The molecule has 1 saturated carbocycles. The zero-order valence-electron chi connectivity index (χ0n) is 12.9. The van der Waals surface area contributed by atoms with Gasteiger partial charge in [-0.2, -0.15) is 0 Å². The van der Waals surface area contributed by atoms with E-state index in [0.29, 0.717) is 6.10 Å². The number of nitrogens with zero attached hydrogens (tertiary/aromatic N) is 1. The summed E-state index contributed by atoms with van der Waals surface area (Å²) < 4.78 is 5.50. The van der Waals surface area contributed by atoms with E-state index in [0.717, 1.165) is 12.1 Å². The van der Waals surface area contributed by atoms with Crippen LogP contribution in [0.5, 0.6) is 0 Å². The van der Waals surface area contributed by atoms with Gasteiger partial charge in [-0.05, 0) is 58.0 Å². The maximum Gasteiger partial charge on any atom is 0.0572 e. The molecular formula is C16H32N2O. The van der Waals surface area contributed by atoms with Crippen LogP contribution in [0.25, 0.3) is 0 Å². The fraction of sp³-hybridized carbons (Fsp3) is 1.00. The fourth-order valence-electron chi connectivity index (χ4n) is 3.72. The number of nitrogens with one attached hydrogen (secondary N) is 1. The molecule has 1 N–H and O–H groups in total. The first-order valence-electron chi connectivity index (χ1n) is 8.33. The van der Waals surface area contributed by atoms with E-state index < -0.39 is 0 Å². The van der Waals surface area contributed by atoms with Crippen LogP contribution in [-0.4, -0.2) is 49.8 Å². The highest BCUT2D eigenvalue weighted by atomic mass is 16.5. The van der Waals surface area contributed by atoms with E-state index in [2.05, 4.69) is 17.1 Å². The van der Waals surface area contributed by atoms with Crippen LogP contribution in [0.15, 0.2) is 0 Å². The molecule has 1 heterocycles. The standard InChI is InChI=1S/C16H32N2O/c1-3-12-18(13-14-6-4-5-11-17-14)15-7-9-16(19-2)10-8-15/h14-17H,3-13H2,1-2H3. The molecule has 2 aliphatic rings. The van der Waals surface area contributed by atoms with Crippen molar-refractivity contribution in [2.24, 2.45) is 0 Å². The Kier molecular flexibility index (Phi) is 6.62. The Balaban J connectivity index is 1.81. The summed E-state index contributed by atoms with van der Waals surface area (Å²) in [7, 11) is 1.86. The van der Waals surface area contributed by atoms with E-state index in [4.69, 9.17) is 4.74 Å². The lowest BCUT2D eigenvalue weighted by atomic mass is 9.91. The molecule has 0 amide bonds. The quantitative estimate of drug-likeness (QED) is 0.801. The van der Waals surface area contributed by atoms with Gasteiger partial charge in [-0.3, -0.25) is 4.90 Å². The molecule has 1 aliphatic heterocycles. The van der Waals surface area contributed by atoms with Gasteiger partial charge in [0.15, 0.2) is 0 Å². The number of hydrogen-bond acceptors (Lipinski definition) is 3. The number of ether oxygens (including phenoxy) is 1. The van der Waals surface area contributed by atoms with Crippen molar-refractivity contribution in [3.05, 3.63) is 0 Å². The Morgan fingerprint density at radius 1 is 1.11 bits per heavy atom. The van der Waals surface area contributed by atoms with Crippen molar-refractivity contribution in [2.75, 3.05) is 26.7 Å². The van der Waals surface area contributed by atoms with Gasteiger partial charge in [0.1, 0.15) is 0 Å². The van der Waals surface area contributed by atoms with Gasteiger partial charge in [-0.1, -0.05) is 13.3 Å². The molecule has 0 bridgehead atoms. The second kappa shape index (κ2) is 8.23. The number of hydrogen-bond donors (Lipinski definition) is 1. The molecule has 3 nitrogen and oxygen atoms in total. The Labute approximate surface area is 119 Å². The number of rotatable bonds is 6. The van der Waals surface area contributed by atoms with Crippen molar-refractivity contribution in [1.82, 2.24) is 10.2 Å². The molecule has 0 aromatic heterocycles. The molecule has 1 atom stereocenters. The lowest BCUT2D eigenvalue weighted by Gasteiger charge is -2.39. The molecule has 1 unspecified atom stereocenters. The summed E-state index contributed by atoms with van der Waals surface area (Å²) in [5.41, 5.74) is 0. The van der Waals surface area contributed by atoms with Crippen molar-refractivity contribution in [1.29, 1.82) is 0 Å². The SMILES string of the molecule is CCCN(CC1CCCCN1)C1CCC(OC)CC1. The largest absolute Gasteiger partial charge is 0.381 e. The average molecular weight is 268 g/mol. The molecule has 0 aromatic rings. The highest BCUT2D eigenvalue weighted by Crippen LogP contribution is 2.25. The van der Waals surface area contributed by atoms with Crippen LogP contribution in [0.2, 0.25) is 0 Å². The van der Waals surface area contributed by atoms with Gasteiger partial charge in [-0.25, -0.2) is 0 Å². The van der Waals surface area contributed by atoms with E-state index in [-0.39, 0.29) is 0 Å². The van der Waals surface area contributed by atoms with Gasteiger partial charge in [0.2, 0.25) is 0 Å². The van der Waals surface area contributed by atoms with Crippen LogP contribution < -0.4 is 5.32 Å². The average Bonchev–Trinajstić information content (AvgIpc) is 2.48. The molecule has 3 heteroatoms. The molecule has 112 valence electrons. The first kappa shape index (κ1) is 15.3. The van der Waals surface area contributed by atoms with E-state index >= 15 is 0 Å². The minimum absolute atomic E-state index is 0.521. The smallest absolute Gasteiger partial charge is 0.0572 e. The van der Waals surface area contributed by atoms with E-state index in [1.165, 1.54) is 71.0 Å². The highest BCUT2D eigenvalue weighted by molar-refractivity contribution is 4.84. The van der Waals surface area contributed by atoms with Crippen LogP contribution in [0.1, 0.15) is 58.3 Å². The van der Waals surface area contributed by atoms with Gasteiger partial charge in [-0.15, -0.1) is 0 Å². The minimum Gasteiger partial charge on any atom is -0.381 e. The van der Waals surface area contributed by atoms with Gasteiger partial charge in [0, 0.05) is 25.7 Å². The molecule has 0 spiro atoms. The van der Waals surface area contributed by atoms with Crippen LogP contribution in [0.3, 0.4) is 0 Å².